The van der Waals surface area contributed by atoms with Crippen LogP contribution in [0.25, 0.3) is 0 Å². The van der Waals surface area contributed by atoms with Gasteiger partial charge in [-0.15, -0.1) is 0 Å². The van der Waals surface area contributed by atoms with E-state index >= 15 is 0 Å². The number of carbonyl (C=O) groups excluding carboxylic acids is 1. The molecule has 0 heterocycles. The Labute approximate surface area is 347 Å². The number of aliphatic hydroxyl groups excluding tert-OH is 1. The number of amides is 1. The Hall–Kier alpha value is -0.760. The van der Waals surface area contributed by atoms with Crippen LogP contribution in [0, 0.1) is 0 Å². The van der Waals surface area contributed by atoms with Gasteiger partial charge in [0.2, 0.25) is 5.91 Å². The second-order valence-electron chi connectivity index (χ2n) is 16.7. The van der Waals surface area contributed by atoms with Crippen LogP contribution in [-0.2, 0) is 18.4 Å². The topological polar surface area (TPSA) is 131 Å². The molecule has 0 saturated carbocycles. The highest BCUT2D eigenvalue weighted by Gasteiger charge is 2.26. The van der Waals surface area contributed by atoms with Crippen LogP contribution < -0.4 is 11.1 Å². The van der Waals surface area contributed by atoms with Crippen molar-refractivity contribution in [1.82, 2.24) is 5.32 Å². The van der Waals surface area contributed by atoms with E-state index in [0.29, 0.717) is 6.42 Å². The number of phosphoric acid groups is 1. The fraction of sp³-hybridized carbons (Fsp3) is 0.936. The van der Waals surface area contributed by atoms with Gasteiger partial charge < -0.3 is 21.1 Å². The number of nitrogens with two attached hydrogens (primary N) is 1. The zero-order chi connectivity index (χ0) is 41.1. The summed E-state index contributed by atoms with van der Waals surface area (Å²) in [7, 11) is -4.34. The number of phosphoric ester groups is 1. The summed E-state index contributed by atoms with van der Waals surface area (Å²) in [4.78, 5) is 22.8. The summed E-state index contributed by atoms with van der Waals surface area (Å²) in [5.41, 5.74) is 5.39. The molecule has 0 aromatic rings. The van der Waals surface area contributed by atoms with E-state index in [1.807, 2.05) is 6.08 Å². The molecule has 0 bridgehead atoms. The van der Waals surface area contributed by atoms with Crippen molar-refractivity contribution in [1.29, 1.82) is 0 Å². The summed E-state index contributed by atoms with van der Waals surface area (Å²) in [6.45, 7) is 4.18. The Bertz CT molecular complexity index is 891. The molecule has 3 atom stereocenters. The molecule has 0 spiro atoms. The van der Waals surface area contributed by atoms with Crippen LogP contribution in [0.15, 0.2) is 12.2 Å². The second-order valence-corrected chi connectivity index (χ2v) is 18.1. The van der Waals surface area contributed by atoms with Gasteiger partial charge in [0.25, 0.3) is 0 Å². The van der Waals surface area contributed by atoms with Gasteiger partial charge in [-0.1, -0.05) is 238 Å². The molecule has 3 unspecified atom stereocenters. The number of hydrogen-bond acceptors (Lipinski definition) is 6. The number of rotatable bonds is 46. The first kappa shape index (κ1) is 55.2. The van der Waals surface area contributed by atoms with Gasteiger partial charge in [-0.05, 0) is 19.3 Å². The fourth-order valence-electron chi connectivity index (χ4n) is 7.43. The van der Waals surface area contributed by atoms with Crippen LogP contribution in [0.2, 0.25) is 0 Å². The molecule has 0 aliphatic heterocycles. The Morgan fingerprint density at radius 2 is 0.911 bits per heavy atom. The molecular formula is C47H95N2O6P. The van der Waals surface area contributed by atoms with Crippen LogP contribution in [0.1, 0.15) is 251 Å². The van der Waals surface area contributed by atoms with Crippen LogP contribution in [0.5, 0.6) is 0 Å². The lowest BCUT2D eigenvalue weighted by atomic mass is 10.0. The van der Waals surface area contributed by atoms with Gasteiger partial charge >= 0.3 is 7.82 Å². The van der Waals surface area contributed by atoms with Gasteiger partial charge in [-0.2, -0.15) is 0 Å². The minimum absolute atomic E-state index is 0.0816. The van der Waals surface area contributed by atoms with E-state index in [0.717, 1.165) is 38.5 Å². The first-order chi connectivity index (χ1) is 27.4. The van der Waals surface area contributed by atoms with E-state index in [1.54, 1.807) is 6.08 Å². The average molecular weight is 815 g/mol. The Balaban J connectivity index is 4.11. The lowest BCUT2D eigenvalue weighted by Crippen LogP contribution is -2.45. The standard InChI is InChI=1S/C47H95N2O6P/c1-3-5-7-9-11-13-15-17-19-21-23-24-26-28-30-32-34-36-38-40-46(50)45(44-55-56(52,53)54-43-42-48)49-47(51)41-39-37-35-33-31-29-27-25-22-20-18-16-14-12-10-8-6-4-2/h38,40,45-46,50H,3-37,39,41-44,48H2,1-2H3,(H,49,51)(H,52,53)/b40-38+. The minimum atomic E-state index is -4.34. The van der Waals surface area contributed by atoms with E-state index in [9.17, 15) is 19.4 Å². The molecule has 0 aliphatic rings. The first-order valence-electron chi connectivity index (χ1n) is 24.3. The fourth-order valence-corrected chi connectivity index (χ4v) is 8.19. The molecule has 334 valence electrons. The Morgan fingerprint density at radius 1 is 0.571 bits per heavy atom. The van der Waals surface area contributed by atoms with E-state index in [2.05, 4.69) is 19.2 Å². The molecule has 0 radical (unpaired) electrons. The van der Waals surface area contributed by atoms with Gasteiger partial charge in [0.1, 0.15) is 0 Å². The third kappa shape index (κ3) is 41.4. The van der Waals surface area contributed by atoms with E-state index in [4.69, 9.17) is 14.8 Å². The number of carbonyl (C=O) groups is 1. The molecule has 1 amide bonds. The highest BCUT2D eigenvalue weighted by atomic mass is 31.2. The number of nitrogens with one attached hydrogen (secondary N) is 1. The molecular weight excluding hydrogens is 719 g/mol. The number of aliphatic hydroxyl groups is 1. The molecule has 0 aromatic carbocycles. The van der Waals surface area contributed by atoms with Crippen molar-refractivity contribution in [2.75, 3.05) is 19.8 Å². The van der Waals surface area contributed by atoms with Crippen LogP contribution in [0.4, 0.5) is 0 Å². The summed E-state index contributed by atoms with van der Waals surface area (Å²) in [6, 6.07) is -0.855. The average Bonchev–Trinajstić information content (AvgIpc) is 3.19. The van der Waals surface area contributed by atoms with Crippen molar-refractivity contribution < 1.29 is 28.4 Å². The summed E-state index contributed by atoms with van der Waals surface area (Å²) in [5.74, 6) is -0.189. The maximum Gasteiger partial charge on any atom is 0.472 e. The third-order valence-corrected chi connectivity index (χ3v) is 12.1. The maximum atomic E-state index is 12.8. The number of unbranched alkanes of at least 4 members (excludes halogenated alkanes) is 34. The highest BCUT2D eigenvalue weighted by molar-refractivity contribution is 7.47. The molecule has 56 heavy (non-hydrogen) atoms. The molecule has 0 aromatic heterocycles. The van der Waals surface area contributed by atoms with E-state index in [-0.39, 0.29) is 25.7 Å². The largest absolute Gasteiger partial charge is 0.472 e. The van der Waals surface area contributed by atoms with Gasteiger partial charge in [-0.25, -0.2) is 4.57 Å². The number of hydrogen-bond donors (Lipinski definition) is 4. The summed E-state index contributed by atoms with van der Waals surface area (Å²) in [6.07, 6.45) is 49.8. The monoisotopic (exact) mass is 815 g/mol. The van der Waals surface area contributed by atoms with Crippen molar-refractivity contribution in [3.8, 4) is 0 Å². The number of allylic oxidation sites excluding steroid dienone is 1. The zero-order valence-corrected chi connectivity index (χ0v) is 38.0. The summed E-state index contributed by atoms with van der Waals surface area (Å²) in [5, 5.41) is 13.7. The Morgan fingerprint density at radius 3 is 1.27 bits per heavy atom. The maximum absolute atomic E-state index is 12.8. The van der Waals surface area contributed by atoms with Crippen molar-refractivity contribution in [3.63, 3.8) is 0 Å². The van der Waals surface area contributed by atoms with Crippen molar-refractivity contribution in [2.45, 2.75) is 264 Å². The minimum Gasteiger partial charge on any atom is -0.387 e. The van der Waals surface area contributed by atoms with Crippen LogP contribution in [-0.4, -0.2) is 47.8 Å². The third-order valence-electron chi connectivity index (χ3n) is 11.1. The normalized spacial score (nSPS) is 14.0. The molecule has 0 fully saturated rings. The summed E-state index contributed by atoms with van der Waals surface area (Å²) >= 11 is 0. The van der Waals surface area contributed by atoms with Gasteiger partial charge in [0, 0.05) is 13.0 Å². The SMILES string of the molecule is CCCCCCCCCCCCCCCCCCC/C=C/C(O)C(COP(=O)(O)OCCN)NC(=O)CCCCCCCCCCCCCCCCCCCC. The van der Waals surface area contributed by atoms with Crippen molar-refractivity contribution in [3.05, 3.63) is 12.2 Å². The predicted molar refractivity (Wildman–Crippen MR) is 240 cm³/mol. The van der Waals surface area contributed by atoms with Crippen molar-refractivity contribution >= 4 is 13.7 Å². The Kier molecular flexibility index (Phi) is 43.2. The van der Waals surface area contributed by atoms with E-state index < -0.39 is 20.0 Å². The second kappa shape index (κ2) is 43.8. The van der Waals surface area contributed by atoms with Gasteiger partial charge in [0.05, 0.1) is 25.4 Å². The van der Waals surface area contributed by atoms with Gasteiger partial charge in [-0.3, -0.25) is 13.8 Å². The lowest BCUT2D eigenvalue weighted by molar-refractivity contribution is -0.123. The molecule has 9 heteroatoms. The molecule has 0 saturated heterocycles. The molecule has 0 aliphatic carbocycles. The first-order valence-corrected chi connectivity index (χ1v) is 25.8. The molecule has 8 nitrogen and oxygen atoms in total. The highest BCUT2D eigenvalue weighted by Crippen LogP contribution is 2.43. The van der Waals surface area contributed by atoms with Crippen molar-refractivity contribution in [2.24, 2.45) is 5.73 Å². The predicted octanol–water partition coefficient (Wildman–Crippen LogP) is 14.0. The van der Waals surface area contributed by atoms with Crippen LogP contribution >= 0.6 is 7.82 Å². The summed E-state index contributed by atoms with van der Waals surface area (Å²) < 4.78 is 22.2. The zero-order valence-electron chi connectivity index (χ0n) is 37.1. The van der Waals surface area contributed by atoms with Crippen LogP contribution in [0.3, 0.4) is 0 Å². The molecule has 5 N–H and O–H groups in total. The molecule has 0 rings (SSSR count). The lowest BCUT2D eigenvalue weighted by Gasteiger charge is -2.23. The quantitative estimate of drug-likeness (QED) is 0.0273. The smallest absolute Gasteiger partial charge is 0.387 e. The van der Waals surface area contributed by atoms with Gasteiger partial charge in [0.15, 0.2) is 0 Å². The van der Waals surface area contributed by atoms with E-state index in [1.165, 1.54) is 193 Å².